The number of hydrogen-bond donors (Lipinski definition) is 0. The maximum atomic E-state index is 12.4. The van der Waals surface area contributed by atoms with Crippen molar-refractivity contribution < 1.29 is 22.7 Å². The molecule has 0 aliphatic rings. The van der Waals surface area contributed by atoms with Crippen LogP contribution in [0.2, 0.25) is 0 Å². The molecule has 0 unspecified atom stereocenters. The summed E-state index contributed by atoms with van der Waals surface area (Å²) in [6.45, 7) is 11.0. The van der Waals surface area contributed by atoms with Crippen molar-refractivity contribution in [2.24, 2.45) is 0 Å². The molecule has 0 rings (SSSR count). The first-order chi connectivity index (χ1) is 9.60. The van der Waals surface area contributed by atoms with E-state index in [0.717, 1.165) is 4.31 Å². The van der Waals surface area contributed by atoms with Crippen molar-refractivity contribution in [1.29, 1.82) is 0 Å². The fourth-order valence-electron chi connectivity index (χ4n) is 1.32. The van der Waals surface area contributed by atoms with Crippen molar-refractivity contribution in [3.63, 3.8) is 0 Å². The Balaban J connectivity index is 5.49. The van der Waals surface area contributed by atoms with Crippen LogP contribution in [-0.2, 0) is 19.7 Å². The Labute approximate surface area is 126 Å². The molecule has 0 aliphatic heterocycles. The van der Waals surface area contributed by atoms with Gasteiger partial charge in [0.05, 0.1) is 13.1 Å². The number of ether oxygens (including phenoxy) is 1. The fourth-order valence-corrected chi connectivity index (χ4v) is 2.66. The quantitative estimate of drug-likeness (QED) is 0.498. The van der Waals surface area contributed by atoms with Crippen molar-refractivity contribution in [2.45, 2.75) is 26.4 Å². The zero-order valence-corrected chi connectivity index (χ0v) is 13.4. The molecule has 7 nitrogen and oxygen atoms in total. The van der Waals surface area contributed by atoms with Crippen LogP contribution in [0.3, 0.4) is 0 Å². The van der Waals surface area contributed by atoms with Gasteiger partial charge in [-0.2, -0.15) is 17.0 Å². The molecule has 8 heteroatoms. The summed E-state index contributed by atoms with van der Waals surface area (Å²) in [5.41, 5.74) is -0.847. The van der Waals surface area contributed by atoms with E-state index < -0.39 is 21.9 Å². The molecule has 0 N–H and O–H groups in total. The Hall–Kier alpha value is -1.67. The Kier molecular flexibility index (Phi) is 7.31. The summed E-state index contributed by atoms with van der Waals surface area (Å²) in [6.07, 6.45) is 1.99. The van der Waals surface area contributed by atoms with Gasteiger partial charge in [-0.1, -0.05) is 12.2 Å². The zero-order chi connectivity index (χ0) is 16.7. The number of carbonyl (C=O) groups excluding carboxylic acids is 2. The molecule has 0 saturated heterocycles. The number of carbonyl (C=O) groups is 2. The van der Waals surface area contributed by atoms with Crippen LogP contribution in [0.25, 0.3) is 0 Å². The minimum atomic E-state index is -4.20. The topological polar surface area (TPSA) is 84.0 Å². The Morgan fingerprint density at radius 1 is 1.14 bits per heavy atom. The predicted octanol–water partition coefficient (Wildman–Crippen LogP) is 1.34. The van der Waals surface area contributed by atoms with Gasteiger partial charge in [0, 0.05) is 6.54 Å². The number of aldehydes is 1. The SMILES string of the molecule is C=CCN(CC=O)S(=O)(=O)N(CC=C)C(=O)OC(C)(C)C. The summed E-state index contributed by atoms with van der Waals surface area (Å²) in [5, 5.41) is 0. The van der Waals surface area contributed by atoms with Crippen LogP contribution >= 0.6 is 0 Å². The highest BCUT2D eigenvalue weighted by atomic mass is 32.2. The molecule has 0 bridgehead atoms. The summed E-state index contributed by atoms with van der Waals surface area (Å²) in [5.74, 6) is 0. The van der Waals surface area contributed by atoms with E-state index in [1.807, 2.05) is 0 Å². The van der Waals surface area contributed by atoms with Crippen molar-refractivity contribution in [1.82, 2.24) is 8.61 Å². The van der Waals surface area contributed by atoms with E-state index in [-0.39, 0.29) is 19.6 Å². The highest BCUT2D eigenvalue weighted by Gasteiger charge is 2.34. The first-order valence-electron chi connectivity index (χ1n) is 6.26. The summed E-state index contributed by atoms with van der Waals surface area (Å²) in [4.78, 5) is 22.7. The number of nitrogens with zero attached hydrogens (tertiary/aromatic N) is 2. The van der Waals surface area contributed by atoms with Crippen LogP contribution < -0.4 is 0 Å². The second-order valence-electron chi connectivity index (χ2n) is 5.08. The molecule has 1 amide bonds. The van der Waals surface area contributed by atoms with E-state index in [9.17, 15) is 18.0 Å². The average molecular weight is 318 g/mol. The summed E-state index contributed by atoms with van der Waals surface area (Å²) in [6, 6.07) is 0. The Bertz CT molecular complexity index is 483. The van der Waals surface area contributed by atoms with Gasteiger partial charge in [-0.15, -0.1) is 13.2 Å². The minimum absolute atomic E-state index is 0.0997. The third-order valence-electron chi connectivity index (χ3n) is 2.11. The lowest BCUT2D eigenvalue weighted by Gasteiger charge is -2.29. The van der Waals surface area contributed by atoms with Gasteiger partial charge < -0.3 is 9.53 Å². The molecule has 0 heterocycles. The normalized spacial score (nSPS) is 11.8. The largest absolute Gasteiger partial charge is 0.443 e. The third kappa shape index (κ3) is 6.09. The lowest BCUT2D eigenvalue weighted by Crippen LogP contribution is -2.49. The van der Waals surface area contributed by atoms with Crippen LogP contribution in [0, 0.1) is 0 Å². The van der Waals surface area contributed by atoms with Crippen molar-refractivity contribution in [2.75, 3.05) is 19.6 Å². The van der Waals surface area contributed by atoms with Crippen LogP contribution in [0.15, 0.2) is 25.3 Å². The molecule has 21 heavy (non-hydrogen) atoms. The third-order valence-corrected chi connectivity index (χ3v) is 3.91. The van der Waals surface area contributed by atoms with Crippen LogP contribution in [0.4, 0.5) is 4.79 Å². The second kappa shape index (κ2) is 7.94. The smallest absolute Gasteiger partial charge is 0.425 e. The number of amides is 1. The summed E-state index contributed by atoms with van der Waals surface area (Å²) < 4.78 is 31.3. The molecular formula is C13H22N2O5S. The van der Waals surface area contributed by atoms with Crippen molar-refractivity contribution in [3.05, 3.63) is 25.3 Å². The van der Waals surface area contributed by atoms with E-state index in [1.54, 1.807) is 20.8 Å². The molecule has 0 spiro atoms. The Morgan fingerprint density at radius 3 is 2.05 bits per heavy atom. The van der Waals surface area contributed by atoms with Crippen LogP contribution in [-0.4, -0.2) is 54.6 Å². The van der Waals surface area contributed by atoms with Crippen molar-refractivity contribution >= 4 is 22.6 Å². The van der Waals surface area contributed by atoms with E-state index in [0.29, 0.717) is 10.6 Å². The lowest BCUT2D eigenvalue weighted by molar-refractivity contribution is -0.108. The molecular weight excluding hydrogens is 296 g/mol. The van der Waals surface area contributed by atoms with Gasteiger partial charge in [0.2, 0.25) is 0 Å². The van der Waals surface area contributed by atoms with Gasteiger partial charge in [-0.05, 0) is 20.8 Å². The van der Waals surface area contributed by atoms with E-state index in [4.69, 9.17) is 4.74 Å². The van der Waals surface area contributed by atoms with Gasteiger partial charge in [0.15, 0.2) is 0 Å². The molecule has 0 radical (unpaired) electrons. The van der Waals surface area contributed by atoms with Crippen LogP contribution in [0.1, 0.15) is 20.8 Å². The highest BCUT2D eigenvalue weighted by Crippen LogP contribution is 2.15. The minimum Gasteiger partial charge on any atom is -0.443 e. The van der Waals surface area contributed by atoms with E-state index in [2.05, 4.69) is 13.2 Å². The molecule has 0 aromatic heterocycles. The molecule has 0 fully saturated rings. The van der Waals surface area contributed by atoms with Gasteiger partial charge >= 0.3 is 16.3 Å². The van der Waals surface area contributed by atoms with Gasteiger partial charge in [0.25, 0.3) is 0 Å². The molecule has 0 aliphatic carbocycles. The van der Waals surface area contributed by atoms with E-state index in [1.165, 1.54) is 12.2 Å². The molecule has 0 saturated carbocycles. The molecule has 0 aromatic carbocycles. The molecule has 0 atom stereocenters. The second-order valence-corrected chi connectivity index (χ2v) is 6.93. The lowest BCUT2D eigenvalue weighted by atomic mass is 10.2. The fraction of sp³-hybridized carbons (Fsp3) is 0.538. The summed E-state index contributed by atoms with van der Waals surface area (Å²) >= 11 is 0. The average Bonchev–Trinajstić information content (AvgIpc) is 2.33. The molecule has 0 aromatic rings. The number of hydrogen-bond acceptors (Lipinski definition) is 5. The Morgan fingerprint density at radius 2 is 1.67 bits per heavy atom. The van der Waals surface area contributed by atoms with Crippen LogP contribution in [0.5, 0.6) is 0 Å². The van der Waals surface area contributed by atoms with Crippen molar-refractivity contribution in [3.8, 4) is 0 Å². The number of rotatable bonds is 8. The molecule has 120 valence electrons. The zero-order valence-electron chi connectivity index (χ0n) is 12.6. The summed E-state index contributed by atoms with van der Waals surface area (Å²) in [7, 11) is -4.20. The van der Waals surface area contributed by atoms with Gasteiger partial charge in [0.1, 0.15) is 11.9 Å². The first-order valence-corrected chi connectivity index (χ1v) is 7.66. The monoisotopic (exact) mass is 318 g/mol. The van der Waals surface area contributed by atoms with E-state index >= 15 is 0 Å². The first kappa shape index (κ1) is 19.3. The highest BCUT2D eigenvalue weighted by molar-refractivity contribution is 7.87. The van der Waals surface area contributed by atoms with Gasteiger partial charge in [-0.25, -0.2) is 4.79 Å². The maximum absolute atomic E-state index is 12.4. The standard InChI is InChI=1S/C13H22N2O5S/c1-6-8-14(10-11-16)21(18,19)15(9-7-2)12(17)20-13(3,4)5/h6-7,11H,1-2,8-10H2,3-5H3. The predicted molar refractivity (Wildman–Crippen MR) is 79.9 cm³/mol. The van der Waals surface area contributed by atoms with Gasteiger partial charge in [-0.3, -0.25) is 0 Å². The maximum Gasteiger partial charge on any atom is 0.425 e.